The van der Waals surface area contributed by atoms with Gasteiger partial charge in [0, 0.05) is 42.8 Å². The van der Waals surface area contributed by atoms with E-state index in [-0.39, 0.29) is 11.4 Å². The molecule has 1 aromatic carbocycles. The predicted molar refractivity (Wildman–Crippen MR) is 126 cm³/mol. The Bertz CT molecular complexity index is 1370. The smallest absolute Gasteiger partial charge is 0.261 e. The Morgan fingerprint density at radius 1 is 1.24 bits per heavy atom. The summed E-state index contributed by atoms with van der Waals surface area (Å²) in [4.78, 5) is 26.8. The lowest BCUT2D eigenvalue weighted by atomic mass is 10.1. The minimum absolute atomic E-state index is 0.248. The first kappa shape index (κ1) is 21.4. The first-order chi connectivity index (χ1) is 16.0. The van der Waals surface area contributed by atoms with Crippen molar-refractivity contribution in [2.45, 2.75) is 20.3 Å². The highest BCUT2D eigenvalue weighted by atomic mass is 16.5. The number of fused-ring (bicyclic) bond motifs is 3. The SMILES string of the molecule is Cc1ncc(C)c(-n2nc3c(c2N)c(=O)[nH]c2cc(OCCCN4CCOCC4)ccc23)n1. The third kappa shape index (κ3) is 4.14. The molecule has 0 aliphatic carbocycles. The van der Waals surface area contributed by atoms with Crippen molar-refractivity contribution in [3.05, 3.63) is 46.1 Å². The van der Waals surface area contributed by atoms with Gasteiger partial charge in [-0.3, -0.25) is 9.69 Å². The molecule has 0 amide bonds. The van der Waals surface area contributed by atoms with Gasteiger partial charge in [-0.15, -0.1) is 0 Å². The molecule has 0 unspecified atom stereocenters. The van der Waals surface area contributed by atoms with E-state index in [2.05, 4.69) is 25.0 Å². The maximum Gasteiger partial charge on any atom is 0.261 e. The molecule has 10 heteroatoms. The van der Waals surface area contributed by atoms with Crippen LogP contribution in [-0.2, 0) is 4.74 Å². The van der Waals surface area contributed by atoms with Crippen LogP contribution in [0.1, 0.15) is 17.8 Å². The van der Waals surface area contributed by atoms with E-state index in [4.69, 9.17) is 15.2 Å². The van der Waals surface area contributed by atoms with Gasteiger partial charge in [-0.25, -0.2) is 9.97 Å². The Balaban J connectivity index is 1.42. The van der Waals surface area contributed by atoms with Gasteiger partial charge in [0.15, 0.2) is 5.82 Å². The zero-order valence-corrected chi connectivity index (χ0v) is 18.8. The van der Waals surface area contributed by atoms with Gasteiger partial charge in [-0.2, -0.15) is 9.78 Å². The van der Waals surface area contributed by atoms with Gasteiger partial charge in [0.25, 0.3) is 5.56 Å². The van der Waals surface area contributed by atoms with Crippen molar-refractivity contribution in [3.63, 3.8) is 0 Å². The molecule has 3 aromatic heterocycles. The number of pyridine rings is 1. The lowest BCUT2D eigenvalue weighted by Crippen LogP contribution is -2.37. The van der Waals surface area contributed by atoms with Gasteiger partial charge in [0.1, 0.15) is 28.3 Å². The second-order valence-corrected chi connectivity index (χ2v) is 8.26. The molecule has 0 atom stereocenters. The number of rotatable bonds is 6. The highest BCUT2D eigenvalue weighted by Gasteiger charge is 2.19. The maximum atomic E-state index is 12.9. The summed E-state index contributed by atoms with van der Waals surface area (Å²) >= 11 is 0. The number of ether oxygens (including phenoxy) is 2. The molecule has 33 heavy (non-hydrogen) atoms. The molecule has 10 nitrogen and oxygen atoms in total. The first-order valence-corrected chi connectivity index (χ1v) is 11.1. The predicted octanol–water partition coefficient (Wildman–Crippen LogP) is 1.96. The number of aromatic nitrogens is 5. The Hall–Kier alpha value is -3.50. The van der Waals surface area contributed by atoms with Gasteiger partial charge in [-0.05, 0) is 32.4 Å². The average molecular weight is 450 g/mol. The molecular formula is C23H27N7O3. The van der Waals surface area contributed by atoms with Crippen molar-refractivity contribution in [1.29, 1.82) is 0 Å². The van der Waals surface area contributed by atoms with Crippen LogP contribution in [0.3, 0.4) is 0 Å². The number of benzene rings is 1. The number of anilines is 1. The molecule has 172 valence electrons. The number of hydrogen-bond donors (Lipinski definition) is 2. The summed E-state index contributed by atoms with van der Waals surface area (Å²) in [6, 6.07) is 5.63. The van der Waals surface area contributed by atoms with Gasteiger partial charge in [0.2, 0.25) is 0 Å². The second-order valence-electron chi connectivity index (χ2n) is 8.26. The first-order valence-electron chi connectivity index (χ1n) is 11.1. The Kier molecular flexibility index (Phi) is 5.69. The molecule has 1 fully saturated rings. The number of morpholine rings is 1. The fourth-order valence-electron chi connectivity index (χ4n) is 4.15. The Morgan fingerprint density at radius 3 is 2.88 bits per heavy atom. The lowest BCUT2D eigenvalue weighted by Gasteiger charge is -2.26. The van der Waals surface area contributed by atoms with Crippen LogP contribution in [0.5, 0.6) is 5.75 Å². The zero-order valence-electron chi connectivity index (χ0n) is 18.8. The van der Waals surface area contributed by atoms with Crippen LogP contribution in [0.4, 0.5) is 5.82 Å². The molecule has 4 heterocycles. The number of aryl methyl sites for hydroxylation is 2. The van der Waals surface area contributed by atoms with Gasteiger partial charge >= 0.3 is 0 Å². The van der Waals surface area contributed by atoms with Gasteiger partial charge in [-0.1, -0.05) is 0 Å². The Morgan fingerprint density at radius 2 is 2.06 bits per heavy atom. The average Bonchev–Trinajstić information content (AvgIpc) is 3.16. The van der Waals surface area contributed by atoms with E-state index in [1.165, 1.54) is 4.68 Å². The third-order valence-corrected chi connectivity index (χ3v) is 5.90. The second kappa shape index (κ2) is 8.80. The summed E-state index contributed by atoms with van der Waals surface area (Å²) in [5, 5.41) is 5.79. The quantitative estimate of drug-likeness (QED) is 0.428. The van der Waals surface area contributed by atoms with E-state index in [0.29, 0.717) is 40.4 Å². The van der Waals surface area contributed by atoms with Crippen molar-refractivity contribution < 1.29 is 9.47 Å². The third-order valence-electron chi connectivity index (χ3n) is 5.90. The van der Waals surface area contributed by atoms with E-state index < -0.39 is 0 Å². The fourth-order valence-corrected chi connectivity index (χ4v) is 4.15. The molecule has 0 radical (unpaired) electrons. The fraction of sp³-hybridized carbons (Fsp3) is 0.391. The van der Waals surface area contributed by atoms with Gasteiger partial charge in [0.05, 0.1) is 25.3 Å². The summed E-state index contributed by atoms with van der Waals surface area (Å²) < 4.78 is 12.8. The number of H-pyrrole nitrogens is 1. The Labute approximate surface area is 190 Å². The van der Waals surface area contributed by atoms with E-state index in [1.807, 2.05) is 25.1 Å². The van der Waals surface area contributed by atoms with E-state index in [1.54, 1.807) is 13.1 Å². The molecule has 0 saturated carbocycles. The molecule has 4 aromatic rings. The molecule has 3 N–H and O–H groups in total. The molecule has 1 aliphatic rings. The summed E-state index contributed by atoms with van der Waals surface area (Å²) in [6.45, 7) is 8.79. The van der Waals surface area contributed by atoms with Crippen molar-refractivity contribution in [2.24, 2.45) is 0 Å². The monoisotopic (exact) mass is 449 g/mol. The summed E-state index contributed by atoms with van der Waals surface area (Å²) in [7, 11) is 0. The van der Waals surface area contributed by atoms with Crippen LogP contribution < -0.4 is 16.0 Å². The standard InChI is InChI=1S/C23H27N7O3/c1-14-13-25-15(2)26-22(14)30-21(24)19-20(28-30)17-5-4-16(12-18(17)27-23(19)31)33-9-3-6-29-7-10-32-11-8-29/h4-5,12-13H,3,6-11,24H2,1-2H3,(H,27,31). The van der Waals surface area contributed by atoms with Gasteiger partial charge < -0.3 is 20.2 Å². The van der Waals surface area contributed by atoms with Crippen LogP contribution in [0.15, 0.2) is 29.2 Å². The number of nitrogens with one attached hydrogen (secondary N) is 1. The number of hydrogen-bond acceptors (Lipinski definition) is 8. The van der Waals surface area contributed by atoms with Crippen LogP contribution in [-0.4, -0.2) is 69.1 Å². The number of nitrogens with zero attached hydrogens (tertiary/aromatic N) is 5. The van der Waals surface area contributed by atoms with E-state index in [0.717, 1.165) is 50.2 Å². The highest BCUT2D eigenvalue weighted by Crippen LogP contribution is 2.28. The summed E-state index contributed by atoms with van der Waals surface area (Å²) in [5.41, 5.74) is 8.03. The molecule has 5 rings (SSSR count). The normalized spacial score (nSPS) is 14.8. The number of aromatic amines is 1. The van der Waals surface area contributed by atoms with Crippen molar-refractivity contribution in [3.8, 4) is 11.6 Å². The zero-order chi connectivity index (χ0) is 22.9. The molecule has 0 spiro atoms. The van der Waals surface area contributed by atoms with Crippen LogP contribution in [0, 0.1) is 13.8 Å². The lowest BCUT2D eigenvalue weighted by molar-refractivity contribution is 0.0358. The van der Waals surface area contributed by atoms with Crippen molar-refractivity contribution in [2.75, 3.05) is 45.2 Å². The minimum Gasteiger partial charge on any atom is -0.493 e. The summed E-state index contributed by atoms with van der Waals surface area (Å²) in [5.74, 6) is 2.11. The highest BCUT2D eigenvalue weighted by molar-refractivity contribution is 6.07. The van der Waals surface area contributed by atoms with E-state index >= 15 is 0 Å². The minimum atomic E-state index is -0.297. The summed E-state index contributed by atoms with van der Waals surface area (Å²) in [6.07, 6.45) is 2.64. The van der Waals surface area contributed by atoms with E-state index in [9.17, 15) is 4.79 Å². The number of nitrogen functional groups attached to an aromatic ring is 1. The van der Waals surface area contributed by atoms with Crippen LogP contribution in [0.25, 0.3) is 27.6 Å². The largest absolute Gasteiger partial charge is 0.493 e. The van der Waals surface area contributed by atoms with Crippen molar-refractivity contribution >= 4 is 27.6 Å². The molecule has 1 aliphatic heterocycles. The van der Waals surface area contributed by atoms with Crippen LogP contribution in [0.2, 0.25) is 0 Å². The molecule has 0 bridgehead atoms. The van der Waals surface area contributed by atoms with Crippen LogP contribution >= 0.6 is 0 Å². The number of nitrogens with two attached hydrogens (primary N) is 1. The maximum absolute atomic E-state index is 12.9. The molecular weight excluding hydrogens is 422 g/mol. The topological polar surface area (TPSA) is 124 Å². The molecule has 1 saturated heterocycles. The van der Waals surface area contributed by atoms with Crippen molar-refractivity contribution in [1.82, 2.24) is 29.6 Å².